The standard InChI is InChI=1S/C22H28N4O4/c1-22(2,3)25-10-4-5-14(12-25)23-13-6-7-15-16(11-13)21(30)26(20(15)29)17-8-9-18(27)24-19(17)28/h6-7,11,14,17,23H,4-5,8-10,12H2,1-3H3,(H,24,27,28)/t14-,17?/m1/s1. The summed E-state index contributed by atoms with van der Waals surface area (Å²) in [5.41, 5.74) is 1.50. The van der Waals surface area contributed by atoms with Crippen LogP contribution >= 0.6 is 0 Å². The van der Waals surface area contributed by atoms with Crippen molar-refractivity contribution < 1.29 is 19.2 Å². The van der Waals surface area contributed by atoms with Crippen LogP contribution in [0.2, 0.25) is 0 Å². The van der Waals surface area contributed by atoms with E-state index in [1.165, 1.54) is 0 Å². The van der Waals surface area contributed by atoms with E-state index in [1.807, 2.05) is 6.07 Å². The number of nitrogens with zero attached hydrogens (tertiary/aromatic N) is 2. The van der Waals surface area contributed by atoms with Crippen molar-refractivity contribution in [1.82, 2.24) is 15.1 Å². The fourth-order valence-electron chi connectivity index (χ4n) is 4.50. The maximum atomic E-state index is 13.0. The summed E-state index contributed by atoms with van der Waals surface area (Å²) in [5.74, 6) is -1.93. The Hall–Kier alpha value is -2.74. The number of amides is 4. The molecule has 3 aliphatic heterocycles. The van der Waals surface area contributed by atoms with Crippen molar-refractivity contribution in [3.8, 4) is 0 Å². The van der Waals surface area contributed by atoms with Crippen molar-refractivity contribution in [2.24, 2.45) is 0 Å². The highest BCUT2D eigenvalue weighted by Crippen LogP contribution is 2.30. The van der Waals surface area contributed by atoms with Crippen molar-refractivity contribution in [2.45, 2.75) is 64.1 Å². The Bertz CT molecular complexity index is 920. The van der Waals surface area contributed by atoms with Gasteiger partial charge in [0.25, 0.3) is 11.8 Å². The van der Waals surface area contributed by atoms with Gasteiger partial charge in [0.15, 0.2) is 0 Å². The molecule has 1 aromatic rings. The van der Waals surface area contributed by atoms with Crippen molar-refractivity contribution in [1.29, 1.82) is 0 Å². The summed E-state index contributed by atoms with van der Waals surface area (Å²) < 4.78 is 0. The Morgan fingerprint density at radius 3 is 2.47 bits per heavy atom. The molecular weight excluding hydrogens is 384 g/mol. The lowest BCUT2D eigenvalue weighted by atomic mass is 9.98. The van der Waals surface area contributed by atoms with Crippen LogP contribution in [0.25, 0.3) is 0 Å². The van der Waals surface area contributed by atoms with Gasteiger partial charge in [0, 0.05) is 30.2 Å². The first kappa shape index (κ1) is 20.5. The molecule has 2 fully saturated rings. The van der Waals surface area contributed by atoms with E-state index in [4.69, 9.17) is 0 Å². The lowest BCUT2D eigenvalue weighted by Gasteiger charge is -2.42. The number of likely N-dealkylation sites (tertiary alicyclic amines) is 1. The molecule has 30 heavy (non-hydrogen) atoms. The third-order valence-corrected chi connectivity index (χ3v) is 6.18. The number of nitrogens with one attached hydrogen (secondary N) is 2. The summed E-state index contributed by atoms with van der Waals surface area (Å²) in [4.78, 5) is 52.8. The number of hydrogen-bond acceptors (Lipinski definition) is 6. The predicted molar refractivity (Wildman–Crippen MR) is 111 cm³/mol. The molecule has 2 saturated heterocycles. The van der Waals surface area contributed by atoms with Gasteiger partial charge < -0.3 is 5.32 Å². The van der Waals surface area contributed by atoms with E-state index in [-0.39, 0.29) is 30.3 Å². The highest BCUT2D eigenvalue weighted by molar-refractivity contribution is 6.23. The van der Waals surface area contributed by atoms with Crippen molar-refractivity contribution in [3.63, 3.8) is 0 Å². The van der Waals surface area contributed by atoms with Crippen LogP contribution in [0.4, 0.5) is 5.69 Å². The van der Waals surface area contributed by atoms with E-state index < -0.39 is 23.8 Å². The molecule has 0 aliphatic carbocycles. The smallest absolute Gasteiger partial charge is 0.262 e. The zero-order valence-electron chi connectivity index (χ0n) is 17.7. The Balaban J connectivity index is 1.51. The molecule has 0 bridgehead atoms. The molecule has 8 heteroatoms. The Morgan fingerprint density at radius 2 is 1.77 bits per heavy atom. The van der Waals surface area contributed by atoms with Gasteiger partial charge in [-0.2, -0.15) is 0 Å². The quantitative estimate of drug-likeness (QED) is 0.734. The van der Waals surface area contributed by atoms with Crippen LogP contribution in [-0.2, 0) is 9.59 Å². The third kappa shape index (κ3) is 3.71. The van der Waals surface area contributed by atoms with Gasteiger partial charge in [0.1, 0.15) is 6.04 Å². The summed E-state index contributed by atoms with van der Waals surface area (Å²) in [6.07, 6.45) is 2.41. The molecule has 2 N–H and O–H groups in total. The van der Waals surface area contributed by atoms with Crippen molar-refractivity contribution in [2.75, 3.05) is 18.4 Å². The minimum Gasteiger partial charge on any atom is -0.381 e. The zero-order chi connectivity index (χ0) is 21.6. The maximum absolute atomic E-state index is 13.0. The zero-order valence-corrected chi connectivity index (χ0v) is 17.7. The van der Waals surface area contributed by atoms with E-state index in [0.29, 0.717) is 11.1 Å². The summed E-state index contributed by atoms with van der Waals surface area (Å²) in [6.45, 7) is 8.60. The highest BCUT2D eigenvalue weighted by atomic mass is 16.2. The molecule has 4 rings (SSSR count). The number of benzene rings is 1. The summed E-state index contributed by atoms with van der Waals surface area (Å²) >= 11 is 0. The van der Waals surface area contributed by atoms with Crippen LogP contribution in [0.15, 0.2) is 18.2 Å². The van der Waals surface area contributed by atoms with Crippen LogP contribution in [0.1, 0.15) is 67.2 Å². The number of carbonyl (C=O) groups is 4. The first-order valence-corrected chi connectivity index (χ1v) is 10.5. The average Bonchev–Trinajstić information content (AvgIpc) is 2.92. The fourth-order valence-corrected chi connectivity index (χ4v) is 4.50. The van der Waals surface area contributed by atoms with Gasteiger partial charge in [0.2, 0.25) is 11.8 Å². The van der Waals surface area contributed by atoms with Gasteiger partial charge >= 0.3 is 0 Å². The van der Waals surface area contributed by atoms with Gasteiger partial charge in [-0.25, -0.2) is 0 Å². The van der Waals surface area contributed by atoms with Gasteiger partial charge in [0.05, 0.1) is 11.1 Å². The minimum atomic E-state index is -0.940. The summed E-state index contributed by atoms with van der Waals surface area (Å²) in [5, 5.41) is 5.72. The Kier molecular flexibility index (Phi) is 5.13. The van der Waals surface area contributed by atoms with Gasteiger partial charge in [-0.05, 0) is 64.8 Å². The number of piperidine rings is 2. The molecule has 1 aromatic carbocycles. The monoisotopic (exact) mass is 412 g/mol. The number of carbonyl (C=O) groups excluding carboxylic acids is 4. The van der Waals surface area contributed by atoms with Crippen LogP contribution in [0.5, 0.6) is 0 Å². The topological polar surface area (TPSA) is 98.8 Å². The van der Waals surface area contributed by atoms with Gasteiger partial charge in [-0.15, -0.1) is 0 Å². The molecule has 3 heterocycles. The molecule has 4 amide bonds. The van der Waals surface area contributed by atoms with E-state index in [2.05, 4.69) is 36.3 Å². The van der Waals surface area contributed by atoms with Gasteiger partial charge in [-0.3, -0.25) is 34.3 Å². The van der Waals surface area contributed by atoms with Crippen LogP contribution < -0.4 is 10.6 Å². The third-order valence-electron chi connectivity index (χ3n) is 6.18. The number of imide groups is 2. The van der Waals surface area contributed by atoms with Crippen LogP contribution in [-0.4, -0.2) is 64.1 Å². The summed E-state index contributed by atoms with van der Waals surface area (Å²) in [6, 6.07) is 4.49. The number of rotatable bonds is 3. The number of fused-ring (bicyclic) bond motifs is 1. The molecule has 0 spiro atoms. The molecule has 1 unspecified atom stereocenters. The molecule has 3 aliphatic rings. The van der Waals surface area contributed by atoms with Crippen LogP contribution in [0, 0.1) is 0 Å². The first-order valence-electron chi connectivity index (χ1n) is 10.5. The van der Waals surface area contributed by atoms with E-state index in [1.54, 1.807) is 12.1 Å². The molecule has 2 atom stereocenters. The second-order valence-electron chi connectivity index (χ2n) is 9.31. The SMILES string of the molecule is CC(C)(C)N1CCC[C@@H](Nc2ccc3c(c2)C(=O)N(C2CCC(=O)NC2=O)C3=O)C1. The first-order chi connectivity index (χ1) is 14.1. The van der Waals surface area contributed by atoms with Crippen molar-refractivity contribution in [3.05, 3.63) is 29.3 Å². The molecule has 0 radical (unpaired) electrons. The second-order valence-corrected chi connectivity index (χ2v) is 9.31. The Morgan fingerprint density at radius 1 is 1.03 bits per heavy atom. The normalized spacial score (nSPS) is 25.4. The van der Waals surface area contributed by atoms with E-state index in [0.717, 1.165) is 36.5 Å². The molecule has 8 nitrogen and oxygen atoms in total. The minimum absolute atomic E-state index is 0.100. The second kappa shape index (κ2) is 7.50. The molecular formula is C22H28N4O4. The molecule has 0 saturated carbocycles. The van der Waals surface area contributed by atoms with E-state index >= 15 is 0 Å². The summed E-state index contributed by atoms with van der Waals surface area (Å²) in [7, 11) is 0. The number of hydrogen-bond donors (Lipinski definition) is 2. The lowest BCUT2D eigenvalue weighted by Crippen LogP contribution is -2.54. The fraction of sp³-hybridized carbons (Fsp3) is 0.545. The number of anilines is 1. The predicted octanol–water partition coefficient (Wildman–Crippen LogP) is 1.76. The Labute approximate surface area is 176 Å². The molecule has 160 valence electrons. The van der Waals surface area contributed by atoms with Crippen LogP contribution in [0.3, 0.4) is 0 Å². The highest BCUT2D eigenvalue weighted by Gasteiger charge is 2.44. The average molecular weight is 412 g/mol. The van der Waals surface area contributed by atoms with Crippen molar-refractivity contribution >= 4 is 29.3 Å². The maximum Gasteiger partial charge on any atom is 0.262 e. The lowest BCUT2D eigenvalue weighted by molar-refractivity contribution is -0.136. The molecule has 0 aromatic heterocycles. The van der Waals surface area contributed by atoms with E-state index in [9.17, 15) is 19.2 Å². The van der Waals surface area contributed by atoms with Gasteiger partial charge in [-0.1, -0.05) is 0 Å². The largest absolute Gasteiger partial charge is 0.381 e.